The maximum atomic E-state index is 12.6. The lowest BCUT2D eigenvalue weighted by Crippen LogP contribution is -2.44. The predicted octanol–water partition coefficient (Wildman–Crippen LogP) is 4.83. The lowest BCUT2D eigenvalue weighted by Gasteiger charge is -2.19. The van der Waals surface area contributed by atoms with Gasteiger partial charge in [0.2, 0.25) is 0 Å². The molecule has 0 saturated carbocycles. The number of fused-ring (bicyclic) bond motifs is 3. The number of hydrogen-bond donors (Lipinski definition) is 2. The number of aromatic hydroxyl groups is 1. The van der Waals surface area contributed by atoms with Gasteiger partial charge >= 0.3 is 12.1 Å². The van der Waals surface area contributed by atoms with Crippen LogP contribution in [-0.4, -0.2) is 36.4 Å². The molecular weight excluding hydrogens is 442 g/mol. The van der Waals surface area contributed by atoms with Crippen LogP contribution in [-0.2, 0) is 20.7 Å². The second-order valence-electron chi connectivity index (χ2n) is 7.65. The number of hydrogen-bond acceptors (Lipinski definition) is 5. The first-order valence-corrected chi connectivity index (χ1v) is 10.6. The molecule has 0 aliphatic heterocycles. The third-order valence-electron chi connectivity index (χ3n) is 5.58. The molecule has 3 aromatic carbocycles. The number of benzene rings is 3. The first-order valence-electron chi connectivity index (χ1n) is 10.6. The molecular formula is C26H26ClNO5. The molecule has 2 N–H and O–H groups in total. The van der Waals surface area contributed by atoms with E-state index in [1.165, 1.54) is 12.1 Å². The molecule has 0 fully saturated rings. The number of alkyl carbamates (subject to hydrolysis) is 1. The van der Waals surface area contributed by atoms with Crippen molar-refractivity contribution >= 4 is 24.5 Å². The Morgan fingerprint density at radius 1 is 0.909 bits per heavy atom. The molecule has 0 aromatic heterocycles. The van der Waals surface area contributed by atoms with Crippen LogP contribution in [0.5, 0.6) is 5.75 Å². The molecule has 7 heteroatoms. The molecule has 0 heterocycles. The summed E-state index contributed by atoms with van der Waals surface area (Å²) in [5.74, 6) is -0.466. The number of halogens is 1. The number of amides is 1. The molecule has 172 valence electrons. The van der Waals surface area contributed by atoms with Crippen molar-refractivity contribution in [2.24, 2.45) is 0 Å². The summed E-state index contributed by atoms with van der Waals surface area (Å²) in [6.07, 6.45) is -0.452. The maximum Gasteiger partial charge on any atom is 0.407 e. The number of nitrogens with one attached hydrogen (secondary N) is 1. The third kappa shape index (κ3) is 5.46. The van der Waals surface area contributed by atoms with Crippen molar-refractivity contribution in [2.75, 3.05) is 13.2 Å². The number of rotatable bonds is 7. The van der Waals surface area contributed by atoms with Crippen molar-refractivity contribution in [1.29, 1.82) is 0 Å². The van der Waals surface area contributed by atoms with E-state index in [0.29, 0.717) is 0 Å². The van der Waals surface area contributed by atoms with E-state index >= 15 is 0 Å². The minimum absolute atomic E-state index is 0. The summed E-state index contributed by atoms with van der Waals surface area (Å²) in [4.78, 5) is 25.0. The third-order valence-corrected chi connectivity index (χ3v) is 5.58. The van der Waals surface area contributed by atoms with Gasteiger partial charge < -0.3 is 19.9 Å². The van der Waals surface area contributed by atoms with Gasteiger partial charge in [0.05, 0.1) is 6.61 Å². The van der Waals surface area contributed by atoms with Gasteiger partial charge in [-0.05, 0) is 46.9 Å². The van der Waals surface area contributed by atoms with E-state index in [2.05, 4.69) is 17.4 Å². The Balaban J connectivity index is 0.00000306. The Morgan fingerprint density at radius 2 is 1.48 bits per heavy atom. The zero-order valence-corrected chi connectivity index (χ0v) is 19.0. The van der Waals surface area contributed by atoms with Crippen LogP contribution in [0.15, 0.2) is 72.8 Å². The fourth-order valence-corrected chi connectivity index (χ4v) is 4.09. The van der Waals surface area contributed by atoms with Gasteiger partial charge in [-0.15, -0.1) is 12.4 Å². The Hall–Kier alpha value is -3.51. The van der Waals surface area contributed by atoms with E-state index in [9.17, 15) is 14.7 Å². The summed E-state index contributed by atoms with van der Waals surface area (Å²) in [7, 11) is 0. The van der Waals surface area contributed by atoms with Crippen LogP contribution < -0.4 is 5.32 Å². The van der Waals surface area contributed by atoms with Crippen LogP contribution in [0, 0.1) is 0 Å². The van der Waals surface area contributed by atoms with E-state index in [4.69, 9.17) is 9.47 Å². The highest BCUT2D eigenvalue weighted by Crippen LogP contribution is 2.44. The van der Waals surface area contributed by atoms with E-state index in [1.54, 1.807) is 19.1 Å². The Kier molecular flexibility index (Phi) is 7.96. The van der Waals surface area contributed by atoms with Crippen molar-refractivity contribution in [3.8, 4) is 16.9 Å². The van der Waals surface area contributed by atoms with Crippen LogP contribution in [0.4, 0.5) is 4.79 Å². The lowest BCUT2D eigenvalue weighted by molar-refractivity contribution is -0.145. The van der Waals surface area contributed by atoms with Gasteiger partial charge in [0, 0.05) is 12.3 Å². The van der Waals surface area contributed by atoms with Gasteiger partial charge in [-0.2, -0.15) is 0 Å². The van der Waals surface area contributed by atoms with Gasteiger partial charge in [-0.25, -0.2) is 9.59 Å². The normalized spacial score (nSPS) is 12.6. The molecule has 0 unspecified atom stereocenters. The molecule has 4 rings (SSSR count). The van der Waals surface area contributed by atoms with Crippen molar-refractivity contribution < 1.29 is 24.2 Å². The smallest absolute Gasteiger partial charge is 0.407 e. The summed E-state index contributed by atoms with van der Waals surface area (Å²) in [6.45, 7) is 2.08. The first kappa shape index (κ1) is 24.1. The molecule has 3 aromatic rings. The van der Waals surface area contributed by atoms with Gasteiger partial charge in [-0.3, -0.25) is 0 Å². The number of phenols is 1. The van der Waals surface area contributed by atoms with E-state index in [0.717, 1.165) is 27.8 Å². The quantitative estimate of drug-likeness (QED) is 0.486. The zero-order chi connectivity index (χ0) is 22.5. The SMILES string of the molecule is CCOC(=O)[C@H](Cc1ccc(O)cc1)NC(=O)OCC1c2ccccc2-c2ccccc21.Cl. The Labute approximate surface area is 199 Å². The largest absolute Gasteiger partial charge is 0.508 e. The molecule has 33 heavy (non-hydrogen) atoms. The second-order valence-corrected chi connectivity index (χ2v) is 7.65. The van der Waals surface area contributed by atoms with Gasteiger partial charge in [0.25, 0.3) is 0 Å². The molecule has 0 radical (unpaired) electrons. The van der Waals surface area contributed by atoms with Crippen LogP contribution >= 0.6 is 12.4 Å². The van der Waals surface area contributed by atoms with Crippen LogP contribution in [0.2, 0.25) is 0 Å². The Morgan fingerprint density at radius 3 is 2.06 bits per heavy atom. The summed E-state index contributed by atoms with van der Waals surface area (Å²) >= 11 is 0. The fraction of sp³-hybridized carbons (Fsp3) is 0.231. The average Bonchev–Trinajstić information content (AvgIpc) is 3.12. The molecule has 0 spiro atoms. The zero-order valence-electron chi connectivity index (χ0n) is 18.2. The number of ether oxygens (including phenoxy) is 2. The van der Waals surface area contributed by atoms with Crippen LogP contribution in [0.3, 0.4) is 0 Å². The number of carbonyl (C=O) groups is 2. The van der Waals surface area contributed by atoms with Crippen molar-refractivity contribution in [2.45, 2.75) is 25.3 Å². The molecule has 0 saturated heterocycles. The van der Waals surface area contributed by atoms with Crippen LogP contribution in [0.25, 0.3) is 11.1 Å². The van der Waals surface area contributed by atoms with E-state index in [-0.39, 0.29) is 43.7 Å². The molecule has 1 atom stereocenters. The summed E-state index contributed by atoms with van der Waals surface area (Å²) in [5.41, 5.74) is 5.31. The predicted molar refractivity (Wildman–Crippen MR) is 128 cm³/mol. The van der Waals surface area contributed by atoms with Crippen molar-refractivity contribution in [1.82, 2.24) is 5.32 Å². The van der Waals surface area contributed by atoms with Crippen LogP contribution in [0.1, 0.15) is 29.5 Å². The van der Waals surface area contributed by atoms with Gasteiger partial charge in [0.15, 0.2) is 0 Å². The monoisotopic (exact) mass is 467 g/mol. The van der Waals surface area contributed by atoms with E-state index in [1.807, 2.05) is 36.4 Å². The summed E-state index contributed by atoms with van der Waals surface area (Å²) in [6, 6.07) is 21.8. The number of phenolic OH excluding ortho intramolecular Hbond substituents is 1. The average molecular weight is 468 g/mol. The lowest BCUT2D eigenvalue weighted by atomic mass is 9.98. The minimum atomic E-state index is -0.893. The standard InChI is InChI=1S/C26H25NO5.ClH/c1-2-31-25(29)24(15-17-11-13-18(28)14-12-17)27-26(30)32-16-23-21-9-5-3-7-19(21)20-8-4-6-10-22(20)23;/h3-14,23-24,28H,2,15-16H2,1H3,(H,27,30);1H/t24-;/m0./s1. The topological polar surface area (TPSA) is 84.9 Å². The summed E-state index contributed by atoms with van der Waals surface area (Å²) in [5, 5.41) is 12.1. The Bertz CT molecular complexity index is 1070. The van der Waals surface area contributed by atoms with Gasteiger partial charge in [0.1, 0.15) is 18.4 Å². The molecule has 6 nitrogen and oxygen atoms in total. The highest BCUT2D eigenvalue weighted by molar-refractivity contribution is 5.85. The first-order chi connectivity index (χ1) is 15.6. The minimum Gasteiger partial charge on any atom is -0.508 e. The highest BCUT2D eigenvalue weighted by Gasteiger charge is 2.30. The number of carbonyl (C=O) groups excluding carboxylic acids is 2. The second kappa shape index (κ2) is 10.9. The fourth-order valence-electron chi connectivity index (χ4n) is 4.09. The molecule has 1 aliphatic rings. The molecule has 0 bridgehead atoms. The number of esters is 1. The summed E-state index contributed by atoms with van der Waals surface area (Å²) < 4.78 is 10.7. The highest BCUT2D eigenvalue weighted by atomic mass is 35.5. The molecule has 1 amide bonds. The van der Waals surface area contributed by atoms with Crippen molar-refractivity contribution in [3.05, 3.63) is 89.5 Å². The maximum absolute atomic E-state index is 12.6. The van der Waals surface area contributed by atoms with Gasteiger partial charge in [-0.1, -0.05) is 60.7 Å². The van der Waals surface area contributed by atoms with E-state index < -0.39 is 18.1 Å². The van der Waals surface area contributed by atoms with Crippen molar-refractivity contribution in [3.63, 3.8) is 0 Å². The molecule has 1 aliphatic carbocycles.